The Kier molecular flexibility index (Phi) is 6.59. The van der Waals surface area contributed by atoms with Crippen LogP contribution >= 0.6 is 0 Å². The second-order valence-corrected chi connectivity index (χ2v) is 5.06. The van der Waals surface area contributed by atoms with E-state index in [1.54, 1.807) is 19.2 Å². The molecule has 2 rings (SSSR count). The van der Waals surface area contributed by atoms with Gasteiger partial charge in [-0.25, -0.2) is 0 Å². The highest BCUT2D eigenvalue weighted by atomic mass is 16.5. The molecule has 0 fully saturated rings. The van der Waals surface area contributed by atoms with E-state index in [9.17, 15) is 4.79 Å². The normalized spacial score (nSPS) is 10.3. The number of nitrogens with two attached hydrogens (primary N) is 1. The molecule has 0 saturated carbocycles. The van der Waals surface area contributed by atoms with Gasteiger partial charge in [0.25, 0.3) is 5.91 Å². The standard InChI is InChI=1S/C18H22N2O3/c1-22-17-8-4-15(5-9-17)13-23-11-10-20-18(21)16-6-2-14(12-19)3-7-16/h2-9H,10-13,19H2,1H3,(H,20,21). The van der Waals surface area contributed by atoms with Crippen molar-refractivity contribution in [3.63, 3.8) is 0 Å². The fourth-order valence-electron chi connectivity index (χ4n) is 2.04. The number of methoxy groups -OCH3 is 1. The molecule has 0 unspecified atom stereocenters. The molecule has 0 bridgehead atoms. The Morgan fingerprint density at radius 1 is 1.04 bits per heavy atom. The van der Waals surface area contributed by atoms with Crippen LogP contribution in [-0.2, 0) is 17.9 Å². The minimum Gasteiger partial charge on any atom is -0.497 e. The number of amides is 1. The summed E-state index contributed by atoms with van der Waals surface area (Å²) in [4.78, 5) is 11.9. The molecule has 0 heterocycles. The van der Waals surface area contributed by atoms with Gasteiger partial charge in [0.2, 0.25) is 0 Å². The Morgan fingerprint density at radius 3 is 2.30 bits per heavy atom. The summed E-state index contributed by atoms with van der Waals surface area (Å²) in [6.07, 6.45) is 0. The van der Waals surface area contributed by atoms with Gasteiger partial charge in [-0.15, -0.1) is 0 Å². The van der Waals surface area contributed by atoms with Gasteiger partial charge in [-0.2, -0.15) is 0 Å². The monoisotopic (exact) mass is 314 g/mol. The Morgan fingerprint density at radius 2 is 1.70 bits per heavy atom. The second kappa shape index (κ2) is 8.92. The second-order valence-electron chi connectivity index (χ2n) is 5.06. The van der Waals surface area contributed by atoms with E-state index in [0.29, 0.717) is 31.9 Å². The molecule has 0 aromatic heterocycles. The van der Waals surface area contributed by atoms with E-state index in [0.717, 1.165) is 16.9 Å². The number of hydrogen-bond donors (Lipinski definition) is 2. The van der Waals surface area contributed by atoms with Crippen LogP contribution in [0.2, 0.25) is 0 Å². The molecule has 5 nitrogen and oxygen atoms in total. The van der Waals surface area contributed by atoms with Crippen LogP contribution in [0.1, 0.15) is 21.5 Å². The fourth-order valence-corrected chi connectivity index (χ4v) is 2.04. The molecular weight excluding hydrogens is 292 g/mol. The lowest BCUT2D eigenvalue weighted by Crippen LogP contribution is -2.27. The van der Waals surface area contributed by atoms with Crippen LogP contribution in [0.15, 0.2) is 48.5 Å². The zero-order valence-corrected chi connectivity index (χ0v) is 13.2. The van der Waals surface area contributed by atoms with Crippen LogP contribution in [0.5, 0.6) is 5.75 Å². The van der Waals surface area contributed by atoms with Gasteiger partial charge in [0.15, 0.2) is 0 Å². The minimum absolute atomic E-state index is 0.110. The lowest BCUT2D eigenvalue weighted by atomic mass is 10.1. The fraction of sp³-hybridized carbons (Fsp3) is 0.278. The van der Waals surface area contributed by atoms with Crippen LogP contribution < -0.4 is 15.8 Å². The average Bonchev–Trinajstić information content (AvgIpc) is 2.62. The van der Waals surface area contributed by atoms with E-state index in [1.165, 1.54) is 0 Å². The van der Waals surface area contributed by atoms with Crippen molar-refractivity contribution in [2.24, 2.45) is 5.73 Å². The first-order valence-corrected chi connectivity index (χ1v) is 7.51. The van der Waals surface area contributed by atoms with Crippen molar-refractivity contribution in [3.05, 3.63) is 65.2 Å². The van der Waals surface area contributed by atoms with Crippen molar-refractivity contribution in [2.75, 3.05) is 20.3 Å². The summed E-state index contributed by atoms with van der Waals surface area (Å²) in [5.74, 6) is 0.711. The molecular formula is C18H22N2O3. The van der Waals surface area contributed by atoms with Gasteiger partial charge in [0, 0.05) is 18.7 Å². The van der Waals surface area contributed by atoms with E-state index < -0.39 is 0 Å². The molecule has 0 spiro atoms. The Labute approximate surface area is 136 Å². The molecule has 2 aromatic carbocycles. The molecule has 122 valence electrons. The number of benzene rings is 2. The van der Waals surface area contributed by atoms with E-state index in [-0.39, 0.29) is 5.91 Å². The largest absolute Gasteiger partial charge is 0.497 e. The molecule has 23 heavy (non-hydrogen) atoms. The lowest BCUT2D eigenvalue weighted by molar-refractivity contribution is 0.0901. The zero-order chi connectivity index (χ0) is 16.5. The molecule has 1 amide bonds. The van der Waals surface area contributed by atoms with Crippen molar-refractivity contribution < 1.29 is 14.3 Å². The van der Waals surface area contributed by atoms with Gasteiger partial charge in [0.05, 0.1) is 20.3 Å². The van der Waals surface area contributed by atoms with Gasteiger partial charge in [-0.1, -0.05) is 24.3 Å². The van der Waals surface area contributed by atoms with Crippen molar-refractivity contribution in [1.29, 1.82) is 0 Å². The van der Waals surface area contributed by atoms with Gasteiger partial charge < -0.3 is 20.5 Å². The third-order valence-electron chi connectivity index (χ3n) is 3.41. The molecule has 0 aliphatic rings. The topological polar surface area (TPSA) is 73.6 Å². The van der Waals surface area contributed by atoms with Gasteiger partial charge in [0.1, 0.15) is 5.75 Å². The van der Waals surface area contributed by atoms with Crippen LogP contribution in [-0.4, -0.2) is 26.2 Å². The first kappa shape index (κ1) is 17.0. The van der Waals surface area contributed by atoms with Crippen molar-refractivity contribution in [2.45, 2.75) is 13.2 Å². The molecule has 0 saturated heterocycles. The van der Waals surface area contributed by atoms with Gasteiger partial charge >= 0.3 is 0 Å². The van der Waals surface area contributed by atoms with E-state index in [2.05, 4.69) is 5.32 Å². The third kappa shape index (κ3) is 5.39. The molecule has 5 heteroatoms. The quantitative estimate of drug-likeness (QED) is 0.732. The molecule has 0 aliphatic carbocycles. The van der Waals surface area contributed by atoms with E-state index in [4.69, 9.17) is 15.2 Å². The Hall–Kier alpha value is -2.37. The van der Waals surface area contributed by atoms with Crippen LogP contribution in [0.25, 0.3) is 0 Å². The van der Waals surface area contributed by atoms with Crippen LogP contribution in [0, 0.1) is 0 Å². The number of nitrogens with one attached hydrogen (secondary N) is 1. The lowest BCUT2D eigenvalue weighted by Gasteiger charge is -2.08. The van der Waals surface area contributed by atoms with E-state index >= 15 is 0 Å². The van der Waals surface area contributed by atoms with Gasteiger partial charge in [-0.3, -0.25) is 4.79 Å². The number of rotatable bonds is 8. The summed E-state index contributed by atoms with van der Waals surface area (Å²) in [6, 6.07) is 15.0. The van der Waals surface area contributed by atoms with Crippen molar-refractivity contribution >= 4 is 5.91 Å². The summed E-state index contributed by atoms with van der Waals surface area (Å²) in [5.41, 5.74) is 8.22. The summed E-state index contributed by atoms with van der Waals surface area (Å²) < 4.78 is 10.6. The van der Waals surface area contributed by atoms with Crippen LogP contribution in [0.3, 0.4) is 0 Å². The third-order valence-corrected chi connectivity index (χ3v) is 3.41. The Bertz CT molecular complexity index is 609. The number of carbonyl (C=O) groups is 1. The molecule has 2 aromatic rings. The molecule has 0 aliphatic heterocycles. The Balaban J connectivity index is 1.66. The first-order valence-electron chi connectivity index (χ1n) is 7.51. The average molecular weight is 314 g/mol. The maximum absolute atomic E-state index is 11.9. The number of ether oxygens (including phenoxy) is 2. The zero-order valence-electron chi connectivity index (χ0n) is 13.2. The smallest absolute Gasteiger partial charge is 0.251 e. The molecule has 3 N–H and O–H groups in total. The molecule has 0 radical (unpaired) electrons. The SMILES string of the molecule is COc1ccc(COCCNC(=O)c2ccc(CN)cc2)cc1. The van der Waals surface area contributed by atoms with Gasteiger partial charge in [-0.05, 0) is 35.4 Å². The minimum atomic E-state index is -0.110. The summed E-state index contributed by atoms with van der Waals surface area (Å²) in [5, 5.41) is 2.83. The van der Waals surface area contributed by atoms with Crippen molar-refractivity contribution in [3.8, 4) is 5.75 Å². The summed E-state index contributed by atoms with van der Waals surface area (Å²) >= 11 is 0. The highest BCUT2D eigenvalue weighted by Gasteiger charge is 2.04. The maximum Gasteiger partial charge on any atom is 0.251 e. The predicted octanol–water partition coefficient (Wildman–Crippen LogP) is 2.10. The van der Waals surface area contributed by atoms with E-state index in [1.807, 2.05) is 36.4 Å². The van der Waals surface area contributed by atoms with Crippen molar-refractivity contribution in [1.82, 2.24) is 5.32 Å². The summed E-state index contributed by atoms with van der Waals surface area (Å²) in [6.45, 7) is 1.90. The predicted molar refractivity (Wildman–Crippen MR) is 89.3 cm³/mol. The highest BCUT2D eigenvalue weighted by Crippen LogP contribution is 2.11. The highest BCUT2D eigenvalue weighted by molar-refractivity contribution is 5.94. The van der Waals surface area contributed by atoms with Crippen LogP contribution in [0.4, 0.5) is 0 Å². The maximum atomic E-state index is 11.9. The number of hydrogen-bond acceptors (Lipinski definition) is 4. The first-order chi connectivity index (χ1) is 11.2. The molecule has 0 atom stereocenters. The summed E-state index contributed by atoms with van der Waals surface area (Å²) in [7, 11) is 1.64. The number of carbonyl (C=O) groups excluding carboxylic acids is 1.